The molecule has 0 N–H and O–H groups in total. The van der Waals surface area contributed by atoms with E-state index in [-0.39, 0.29) is 11.8 Å². The van der Waals surface area contributed by atoms with Gasteiger partial charge in [-0.2, -0.15) is 0 Å². The van der Waals surface area contributed by atoms with Gasteiger partial charge in [0, 0.05) is 11.6 Å². The molecule has 0 unspecified atom stereocenters. The summed E-state index contributed by atoms with van der Waals surface area (Å²) < 4.78 is 5.34. The molecule has 0 bridgehead atoms. The molecule has 2 amide bonds. The van der Waals surface area contributed by atoms with Gasteiger partial charge in [0.2, 0.25) is 0 Å². The topological polar surface area (TPSA) is 46.6 Å². The van der Waals surface area contributed by atoms with Gasteiger partial charge in [-0.25, -0.2) is 0 Å². The monoisotopic (exact) mass is 313 g/mol. The van der Waals surface area contributed by atoms with Crippen molar-refractivity contribution in [2.24, 2.45) is 0 Å². The van der Waals surface area contributed by atoms with E-state index < -0.39 is 0 Å². The van der Waals surface area contributed by atoms with Crippen LogP contribution in [0, 0.1) is 13.8 Å². The molecule has 2 rings (SSSR count). The minimum Gasteiger partial charge on any atom is -0.496 e. The highest BCUT2D eigenvalue weighted by Crippen LogP contribution is 2.25. The molecular weight excluding hydrogens is 290 g/mol. The first-order valence-corrected chi connectivity index (χ1v) is 7.76. The molecule has 0 spiro atoms. The summed E-state index contributed by atoms with van der Waals surface area (Å²) in [6.45, 7) is 8.18. The maximum Gasteiger partial charge on any atom is 0.256 e. The molecule has 0 atom stereocenters. The van der Waals surface area contributed by atoms with Crippen LogP contribution in [0.2, 0.25) is 0 Å². The van der Waals surface area contributed by atoms with Gasteiger partial charge in [0.05, 0.1) is 13.7 Å². The van der Waals surface area contributed by atoms with Crippen molar-refractivity contribution in [1.29, 1.82) is 0 Å². The minimum atomic E-state index is -0.282. The van der Waals surface area contributed by atoms with Crippen LogP contribution in [0.1, 0.15) is 37.0 Å². The fourth-order valence-electron chi connectivity index (χ4n) is 2.71. The molecule has 0 radical (unpaired) electrons. The van der Waals surface area contributed by atoms with Crippen LogP contribution in [0.25, 0.3) is 6.08 Å². The van der Waals surface area contributed by atoms with Gasteiger partial charge in [0.15, 0.2) is 0 Å². The van der Waals surface area contributed by atoms with E-state index in [2.05, 4.69) is 0 Å². The molecule has 4 heteroatoms. The lowest BCUT2D eigenvalue weighted by atomic mass is 10.0. The first kappa shape index (κ1) is 17.0. The van der Waals surface area contributed by atoms with Gasteiger partial charge in [-0.05, 0) is 61.6 Å². The molecule has 1 aromatic carbocycles. The lowest BCUT2D eigenvalue weighted by Crippen LogP contribution is -2.32. The number of ether oxygens (including phenoxy) is 1. The van der Waals surface area contributed by atoms with Crippen molar-refractivity contribution >= 4 is 17.9 Å². The zero-order valence-corrected chi connectivity index (χ0v) is 14.4. The van der Waals surface area contributed by atoms with Gasteiger partial charge in [-0.15, -0.1) is 0 Å². The molecule has 1 heterocycles. The van der Waals surface area contributed by atoms with Crippen LogP contribution >= 0.6 is 0 Å². The summed E-state index contributed by atoms with van der Waals surface area (Å²) in [6, 6.07) is 3.88. The summed E-state index contributed by atoms with van der Waals surface area (Å²) in [6.07, 6.45) is 3.97. The fraction of sp³-hybridized carbons (Fsp3) is 0.368. The summed E-state index contributed by atoms with van der Waals surface area (Å²) in [7, 11) is 1.63. The number of benzene rings is 1. The van der Waals surface area contributed by atoms with E-state index in [9.17, 15) is 9.59 Å². The Morgan fingerprint density at radius 1 is 1.30 bits per heavy atom. The molecule has 0 saturated carbocycles. The second-order valence-electron chi connectivity index (χ2n) is 5.81. The third-order valence-corrected chi connectivity index (χ3v) is 4.42. The molecule has 23 heavy (non-hydrogen) atoms. The van der Waals surface area contributed by atoms with Crippen LogP contribution in [0.3, 0.4) is 0 Å². The highest BCUT2D eigenvalue weighted by Gasteiger charge is 2.29. The maximum atomic E-state index is 12.3. The molecule has 0 fully saturated rings. The Morgan fingerprint density at radius 3 is 2.57 bits per heavy atom. The normalized spacial score (nSPS) is 15.0. The SMILES string of the molecule is CCC1=C(C)C(=O)N(C(=O)/C=C/c2cc(C)c(C)c(OC)c2)C1. The summed E-state index contributed by atoms with van der Waals surface area (Å²) in [5.74, 6) is 0.323. The third-order valence-electron chi connectivity index (χ3n) is 4.42. The average molecular weight is 313 g/mol. The number of methoxy groups -OCH3 is 1. The van der Waals surface area contributed by atoms with E-state index in [1.807, 2.05) is 32.9 Å². The molecule has 1 aliphatic heterocycles. The average Bonchev–Trinajstić information content (AvgIpc) is 2.83. The second-order valence-corrected chi connectivity index (χ2v) is 5.81. The smallest absolute Gasteiger partial charge is 0.256 e. The predicted octanol–water partition coefficient (Wildman–Crippen LogP) is 3.42. The van der Waals surface area contributed by atoms with Gasteiger partial charge in [0.1, 0.15) is 5.75 Å². The molecule has 0 aliphatic carbocycles. The molecule has 1 aromatic rings. The number of nitrogens with zero attached hydrogens (tertiary/aromatic N) is 1. The zero-order chi connectivity index (χ0) is 17.1. The molecule has 122 valence electrons. The predicted molar refractivity (Wildman–Crippen MR) is 91.2 cm³/mol. The fourth-order valence-corrected chi connectivity index (χ4v) is 2.71. The van der Waals surface area contributed by atoms with Crippen molar-refractivity contribution in [3.63, 3.8) is 0 Å². The first-order chi connectivity index (χ1) is 10.9. The van der Waals surface area contributed by atoms with E-state index >= 15 is 0 Å². The Balaban J connectivity index is 2.17. The van der Waals surface area contributed by atoms with Crippen molar-refractivity contribution in [2.75, 3.05) is 13.7 Å². The van der Waals surface area contributed by atoms with E-state index in [4.69, 9.17) is 4.74 Å². The van der Waals surface area contributed by atoms with Crippen LogP contribution in [-0.4, -0.2) is 30.4 Å². The van der Waals surface area contributed by atoms with Crippen molar-refractivity contribution in [1.82, 2.24) is 4.90 Å². The second kappa shape index (κ2) is 6.82. The number of imide groups is 1. The highest BCUT2D eigenvalue weighted by molar-refractivity contribution is 6.10. The number of hydrogen-bond donors (Lipinski definition) is 0. The standard InChI is InChI=1S/C19H23NO3/c1-6-16-11-20(19(22)14(16)4)18(21)8-7-15-9-12(2)13(3)17(10-15)23-5/h7-10H,6,11H2,1-5H3/b8-7+. The number of hydrogen-bond acceptors (Lipinski definition) is 3. The Labute approximate surface area is 137 Å². The Bertz CT molecular complexity index is 714. The van der Waals surface area contributed by atoms with Crippen LogP contribution in [0.15, 0.2) is 29.4 Å². The van der Waals surface area contributed by atoms with Crippen LogP contribution < -0.4 is 4.74 Å². The molecule has 1 aliphatic rings. The van der Waals surface area contributed by atoms with Gasteiger partial charge >= 0.3 is 0 Å². The molecule has 0 aromatic heterocycles. The highest BCUT2D eigenvalue weighted by atomic mass is 16.5. The number of carbonyl (C=O) groups is 2. The number of rotatable bonds is 4. The van der Waals surface area contributed by atoms with E-state index in [1.54, 1.807) is 20.1 Å². The molecule has 4 nitrogen and oxygen atoms in total. The van der Waals surface area contributed by atoms with Crippen molar-refractivity contribution in [3.05, 3.63) is 46.0 Å². The van der Waals surface area contributed by atoms with Crippen molar-refractivity contribution in [3.8, 4) is 5.75 Å². The molecule has 0 saturated heterocycles. The first-order valence-electron chi connectivity index (χ1n) is 7.76. The van der Waals surface area contributed by atoms with Crippen LogP contribution in [-0.2, 0) is 9.59 Å². The Kier molecular flexibility index (Phi) is 5.04. The van der Waals surface area contributed by atoms with E-state index in [1.165, 1.54) is 11.0 Å². The van der Waals surface area contributed by atoms with Gasteiger partial charge in [-0.3, -0.25) is 14.5 Å². The Hall–Kier alpha value is -2.36. The number of aryl methyl sites for hydroxylation is 1. The van der Waals surface area contributed by atoms with Crippen LogP contribution in [0.4, 0.5) is 0 Å². The summed E-state index contributed by atoms with van der Waals surface area (Å²) in [5.41, 5.74) is 4.79. The zero-order valence-electron chi connectivity index (χ0n) is 14.4. The number of carbonyl (C=O) groups excluding carboxylic acids is 2. The van der Waals surface area contributed by atoms with Crippen molar-refractivity contribution < 1.29 is 14.3 Å². The summed E-state index contributed by atoms with van der Waals surface area (Å²) in [5, 5.41) is 0. The maximum absolute atomic E-state index is 12.3. The van der Waals surface area contributed by atoms with Crippen molar-refractivity contribution in [2.45, 2.75) is 34.1 Å². The number of amides is 2. The largest absolute Gasteiger partial charge is 0.496 e. The van der Waals surface area contributed by atoms with E-state index in [0.29, 0.717) is 12.1 Å². The summed E-state index contributed by atoms with van der Waals surface area (Å²) in [4.78, 5) is 25.7. The van der Waals surface area contributed by atoms with E-state index in [0.717, 1.165) is 34.4 Å². The third kappa shape index (κ3) is 3.36. The van der Waals surface area contributed by atoms with Gasteiger partial charge < -0.3 is 4.74 Å². The lowest BCUT2D eigenvalue weighted by molar-refractivity contribution is -0.137. The Morgan fingerprint density at radius 2 is 2.00 bits per heavy atom. The minimum absolute atomic E-state index is 0.186. The van der Waals surface area contributed by atoms with Gasteiger partial charge in [0.25, 0.3) is 11.8 Å². The quantitative estimate of drug-likeness (QED) is 0.800. The van der Waals surface area contributed by atoms with Crippen LogP contribution in [0.5, 0.6) is 5.75 Å². The molecular formula is C19H23NO3. The van der Waals surface area contributed by atoms with Gasteiger partial charge in [-0.1, -0.05) is 13.0 Å². The lowest BCUT2D eigenvalue weighted by Gasteiger charge is -2.12. The summed E-state index contributed by atoms with van der Waals surface area (Å²) >= 11 is 0.